The lowest BCUT2D eigenvalue weighted by atomic mass is 10.1. The Morgan fingerprint density at radius 1 is 1.17 bits per heavy atom. The molecule has 24 heavy (non-hydrogen) atoms. The van der Waals surface area contributed by atoms with Crippen LogP contribution in [0, 0.1) is 5.92 Å². The lowest BCUT2D eigenvalue weighted by molar-refractivity contribution is 0.262. The highest BCUT2D eigenvalue weighted by Crippen LogP contribution is 2.22. The quantitative estimate of drug-likeness (QED) is 0.860. The Bertz CT molecular complexity index is 662. The molecule has 0 saturated carbocycles. The van der Waals surface area contributed by atoms with Gasteiger partial charge in [-0.15, -0.1) is 0 Å². The van der Waals surface area contributed by atoms with Crippen LogP contribution in [0.5, 0.6) is 0 Å². The molecule has 2 aromatic heterocycles. The van der Waals surface area contributed by atoms with Crippen molar-refractivity contribution >= 4 is 5.82 Å². The summed E-state index contributed by atoms with van der Waals surface area (Å²) in [4.78, 5) is 13.9. The van der Waals surface area contributed by atoms with Crippen LogP contribution >= 0.6 is 0 Å². The summed E-state index contributed by atoms with van der Waals surface area (Å²) in [6, 6.07) is 4.11. The van der Waals surface area contributed by atoms with E-state index in [0.29, 0.717) is 11.7 Å². The Morgan fingerprint density at radius 2 is 2.04 bits per heavy atom. The Morgan fingerprint density at radius 3 is 2.75 bits per heavy atom. The molecule has 6 nitrogen and oxygen atoms in total. The predicted octanol–water partition coefficient (Wildman–Crippen LogP) is 2.96. The van der Waals surface area contributed by atoms with E-state index in [1.54, 1.807) is 0 Å². The van der Waals surface area contributed by atoms with Gasteiger partial charge in [0.05, 0.1) is 6.54 Å². The molecule has 2 saturated heterocycles. The minimum Gasteiger partial charge on any atom is -0.357 e. The molecule has 2 aliphatic rings. The number of pyridine rings is 1. The van der Waals surface area contributed by atoms with Crippen molar-refractivity contribution in [3.63, 3.8) is 0 Å². The summed E-state index contributed by atoms with van der Waals surface area (Å²) < 4.78 is 5.42. The molecule has 4 rings (SSSR count). The van der Waals surface area contributed by atoms with Gasteiger partial charge in [0.1, 0.15) is 5.82 Å². The summed E-state index contributed by atoms with van der Waals surface area (Å²) >= 11 is 0. The number of nitrogens with zero attached hydrogens (tertiary/aromatic N) is 5. The van der Waals surface area contributed by atoms with Crippen molar-refractivity contribution in [1.29, 1.82) is 0 Å². The van der Waals surface area contributed by atoms with Crippen LogP contribution < -0.4 is 4.90 Å². The number of likely N-dealkylation sites (tertiary alicyclic amines) is 1. The topological polar surface area (TPSA) is 58.3 Å². The van der Waals surface area contributed by atoms with Gasteiger partial charge < -0.3 is 9.42 Å². The molecule has 1 unspecified atom stereocenters. The van der Waals surface area contributed by atoms with Crippen LogP contribution in [0.2, 0.25) is 0 Å². The van der Waals surface area contributed by atoms with E-state index in [2.05, 4.69) is 37.9 Å². The second kappa shape index (κ2) is 6.89. The van der Waals surface area contributed by atoms with Gasteiger partial charge in [-0.25, -0.2) is 4.98 Å². The molecule has 0 amide bonds. The summed E-state index contributed by atoms with van der Waals surface area (Å²) in [7, 11) is 0. The molecule has 0 N–H and O–H groups in total. The van der Waals surface area contributed by atoms with Crippen molar-refractivity contribution in [2.75, 3.05) is 31.1 Å². The first-order valence-electron chi connectivity index (χ1n) is 9.04. The highest BCUT2D eigenvalue weighted by atomic mass is 16.5. The van der Waals surface area contributed by atoms with E-state index in [4.69, 9.17) is 4.52 Å². The molecule has 0 spiro atoms. The summed E-state index contributed by atoms with van der Waals surface area (Å²) in [5.41, 5.74) is 0.917. The average molecular weight is 327 g/mol. The van der Waals surface area contributed by atoms with E-state index in [1.165, 1.54) is 25.7 Å². The lowest BCUT2D eigenvalue weighted by Gasteiger charge is -2.27. The number of aromatic nitrogens is 3. The first kappa shape index (κ1) is 15.6. The van der Waals surface area contributed by atoms with Crippen LogP contribution in [0.3, 0.4) is 0 Å². The molecule has 0 bridgehead atoms. The second-order valence-corrected chi connectivity index (χ2v) is 7.09. The van der Waals surface area contributed by atoms with Crippen molar-refractivity contribution in [2.24, 2.45) is 5.92 Å². The van der Waals surface area contributed by atoms with E-state index in [1.807, 2.05) is 12.3 Å². The molecule has 128 valence electrons. The van der Waals surface area contributed by atoms with Crippen molar-refractivity contribution in [3.8, 4) is 11.4 Å². The molecule has 2 aliphatic heterocycles. The predicted molar refractivity (Wildman–Crippen MR) is 92.7 cm³/mol. The molecule has 0 aromatic carbocycles. The highest BCUT2D eigenvalue weighted by Gasteiger charge is 2.21. The highest BCUT2D eigenvalue weighted by molar-refractivity contribution is 5.55. The van der Waals surface area contributed by atoms with Gasteiger partial charge >= 0.3 is 0 Å². The van der Waals surface area contributed by atoms with Gasteiger partial charge in [0.15, 0.2) is 0 Å². The third kappa shape index (κ3) is 3.43. The maximum absolute atomic E-state index is 5.42. The first-order valence-corrected chi connectivity index (χ1v) is 9.04. The SMILES string of the molecule is CC1CCN(Cc2nc(-c3ccc(N4CCCCC4)nc3)no2)C1. The minimum atomic E-state index is 0.634. The van der Waals surface area contributed by atoms with E-state index in [0.717, 1.165) is 50.0 Å². The van der Waals surface area contributed by atoms with E-state index < -0.39 is 0 Å². The van der Waals surface area contributed by atoms with Crippen LogP contribution in [0.25, 0.3) is 11.4 Å². The molecule has 6 heteroatoms. The lowest BCUT2D eigenvalue weighted by Crippen LogP contribution is -2.29. The van der Waals surface area contributed by atoms with Crippen molar-refractivity contribution in [3.05, 3.63) is 24.2 Å². The smallest absolute Gasteiger partial charge is 0.241 e. The van der Waals surface area contributed by atoms with Crippen LogP contribution in [0.1, 0.15) is 38.5 Å². The molecule has 2 aromatic rings. The molecular weight excluding hydrogens is 302 g/mol. The van der Waals surface area contributed by atoms with Crippen molar-refractivity contribution < 1.29 is 4.52 Å². The zero-order chi connectivity index (χ0) is 16.4. The van der Waals surface area contributed by atoms with Gasteiger partial charge in [-0.2, -0.15) is 4.98 Å². The number of rotatable bonds is 4. The van der Waals surface area contributed by atoms with Gasteiger partial charge in [-0.1, -0.05) is 12.1 Å². The second-order valence-electron chi connectivity index (χ2n) is 7.09. The minimum absolute atomic E-state index is 0.634. The summed E-state index contributed by atoms with van der Waals surface area (Å²) in [5.74, 6) is 3.14. The number of piperidine rings is 1. The molecule has 1 atom stereocenters. The average Bonchev–Trinajstić information content (AvgIpc) is 3.25. The maximum Gasteiger partial charge on any atom is 0.241 e. The fourth-order valence-corrected chi connectivity index (χ4v) is 3.63. The zero-order valence-electron chi connectivity index (χ0n) is 14.3. The van der Waals surface area contributed by atoms with E-state index >= 15 is 0 Å². The Labute approximate surface area is 142 Å². The van der Waals surface area contributed by atoms with Gasteiger partial charge in [-0.3, -0.25) is 4.90 Å². The van der Waals surface area contributed by atoms with E-state index in [9.17, 15) is 0 Å². The van der Waals surface area contributed by atoms with Gasteiger partial charge in [-0.05, 0) is 50.3 Å². The summed E-state index contributed by atoms with van der Waals surface area (Å²) in [6.07, 6.45) is 6.95. The molecule has 0 aliphatic carbocycles. The Hall–Kier alpha value is -1.95. The summed E-state index contributed by atoms with van der Waals surface area (Å²) in [5, 5.41) is 4.12. The van der Waals surface area contributed by atoms with Crippen LogP contribution in [-0.4, -0.2) is 46.2 Å². The number of hydrogen-bond acceptors (Lipinski definition) is 6. The van der Waals surface area contributed by atoms with Gasteiger partial charge in [0.2, 0.25) is 11.7 Å². The van der Waals surface area contributed by atoms with Crippen molar-refractivity contribution in [1.82, 2.24) is 20.0 Å². The largest absolute Gasteiger partial charge is 0.357 e. The standard InChI is InChI=1S/C18H25N5O/c1-14-7-10-22(12-14)13-17-20-18(21-24-17)15-5-6-16(19-11-15)23-8-3-2-4-9-23/h5-6,11,14H,2-4,7-10,12-13H2,1H3. The molecule has 0 radical (unpaired) electrons. The fraction of sp³-hybridized carbons (Fsp3) is 0.611. The van der Waals surface area contributed by atoms with Crippen LogP contribution in [0.15, 0.2) is 22.9 Å². The summed E-state index contributed by atoms with van der Waals surface area (Å²) in [6.45, 7) is 7.47. The normalized spacial score (nSPS) is 22.2. The van der Waals surface area contributed by atoms with Gasteiger partial charge in [0, 0.05) is 31.4 Å². The van der Waals surface area contributed by atoms with Gasteiger partial charge in [0.25, 0.3) is 0 Å². The molecular formula is C18H25N5O. The number of hydrogen-bond donors (Lipinski definition) is 0. The monoisotopic (exact) mass is 327 g/mol. The Kier molecular flexibility index (Phi) is 4.47. The number of anilines is 1. The first-order chi connectivity index (χ1) is 11.8. The molecule has 4 heterocycles. The fourth-order valence-electron chi connectivity index (χ4n) is 3.63. The third-order valence-electron chi connectivity index (χ3n) is 5.02. The molecule has 2 fully saturated rings. The van der Waals surface area contributed by atoms with Crippen LogP contribution in [-0.2, 0) is 6.54 Å². The van der Waals surface area contributed by atoms with Crippen LogP contribution in [0.4, 0.5) is 5.82 Å². The Balaban J connectivity index is 1.42. The maximum atomic E-state index is 5.42. The van der Waals surface area contributed by atoms with E-state index in [-0.39, 0.29) is 0 Å². The van der Waals surface area contributed by atoms with Crippen molar-refractivity contribution in [2.45, 2.75) is 39.2 Å². The third-order valence-corrected chi connectivity index (χ3v) is 5.02. The zero-order valence-corrected chi connectivity index (χ0v) is 14.3.